The van der Waals surface area contributed by atoms with Crippen molar-refractivity contribution in [3.05, 3.63) is 29.8 Å². The second-order valence-corrected chi connectivity index (χ2v) is 8.33. The van der Waals surface area contributed by atoms with Crippen LogP contribution in [0.4, 0.5) is 0 Å². The summed E-state index contributed by atoms with van der Waals surface area (Å²) in [4.78, 5) is 0.389. The van der Waals surface area contributed by atoms with Crippen molar-refractivity contribution in [2.24, 2.45) is 5.92 Å². The molecule has 1 saturated carbocycles. The Labute approximate surface area is 129 Å². The van der Waals surface area contributed by atoms with Crippen molar-refractivity contribution in [3.63, 3.8) is 0 Å². The molecule has 21 heavy (non-hydrogen) atoms. The highest BCUT2D eigenvalue weighted by atomic mass is 32.2. The topological polar surface area (TPSA) is 46.2 Å². The summed E-state index contributed by atoms with van der Waals surface area (Å²) >= 11 is 0. The van der Waals surface area contributed by atoms with Crippen LogP contribution in [0.5, 0.6) is 0 Å². The molecule has 1 fully saturated rings. The lowest BCUT2D eigenvalue weighted by Gasteiger charge is -2.22. The molecule has 0 spiro atoms. The number of sulfone groups is 1. The van der Waals surface area contributed by atoms with Gasteiger partial charge in [-0.05, 0) is 43.5 Å². The van der Waals surface area contributed by atoms with Crippen LogP contribution in [-0.2, 0) is 9.84 Å². The van der Waals surface area contributed by atoms with Crippen molar-refractivity contribution >= 4 is 9.84 Å². The minimum atomic E-state index is -3.10. The molecule has 0 heterocycles. The summed E-state index contributed by atoms with van der Waals surface area (Å²) < 4.78 is 22.9. The smallest absolute Gasteiger partial charge is 0.175 e. The zero-order chi connectivity index (χ0) is 15.3. The first kappa shape index (κ1) is 16.5. The number of hydrogen-bond donors (Lipinski definition) is 1. The van der Waals surface area contributed by atoms with Crippen LogP contribution < -0.4 is 5.32 Å². The monoisotopic (exact) mass is 309 g/mol. The fourth-order valence-electron chi connectivity index (χ4n) is 3.10. The molecule has 1 aromatic rings. The summed E-state index contributed by atoms with van der Waals surface area (Å²) in [6, 6.07) is 7.49. The molecule has 1 atom stereocenters. The van der Waals surface area contributed by atoms with E-state index in [0.29, 0.717) is 4.90 Å². The van der Waals surface area contributed by atoms with E-state index in [1.54, 1.807) is 12.1 Å². The maximum atomic E-state index is 11.4. The first-order valence-corrected chi connectivity index (χ1v) is 9.89. The van der Waals surface area contributed by atoms with Gasteiger partial charge in [0.05, 0.1) is 4.90 Å². The third-order valence-electron chi connectivity index (χ3n) is 4.54. The zero-order valence-electron chi connectivity index (χ0n) is 13.1. The van der Waals surface area contributed by atoms with Crippen LogP contribution in [0.25, 0.3) is 0 Å². The molecular formula is C17H27NO2S. The molecular weight excluding hydrogens is 282 g/mol. The molecule has 0 aromatic heterocycles. The molecule has 3 nitrogen and oxygen atoms in total. The van der Waals surface area contributed by atoms with E-state index in [2.05, 4.69) is 12.2 Å². The van der Waals surface area contributed by atoms with Crippen LogP contribution in [0.15, 0.2) is 29.2 Å². The first-order valence-electron chi connectivity index (χ1n) is 8.00. The molecule has 1 aliphatic rings. The largest absolute Gasteiger partial charge is 0.310 e. The van der Waals surface area contributed by atoms with Crippen molar-refractivity contribution in [1.82, 2.24) is 5.32 Å². The van der Waals surface area contributed by atoms with Gasteiger partial charge in [-0.3, -0.25) is 0 Å². The molecule has 0 amide bonds. The van der Waals surface area contributed by atoms with Crippen molar-refractivity contribution in [3.8, 4) is 0 Å². The van der Waals surface area contributed by atoms with E-state index in [-0.39, 0.29) is 6.04 Å². The van der Waals surface area contributed by atoms with Gasteiger partial charge in [0.25, 0.3) is 0 Å². The lowest BCUT2D eigenvalue weighted by atomic mass is 9.87. The molecule has 118 valence electrons. The molecule has 0 saturated heterocycles. The fourth-order valence-corrected chi connectivity index (χ4v) is 3.73. The van der Waals surface area contributed by atoms with Crippen LogP contribution in [-0.4, -0.2) is 21.2 Å². The van der Waals surface area contributed by atoms with E-state index in [1.165, 1.54) is 44.8 Å². The number of benzene rings is 1. The molecule has 1 aromatic carbocycles. The lowest BCUT2D eigenvalue weighted by molar-refractivity contribution is 0.329. The summed E-state index contributed by atoms with van der Waals surface area (Å²) in [5.41, 5.74) is 1.14. The Kier molecular flexibility index (Phi) is 5.82. The highest BCUT2D eigenvalue weighted by Gasteiger charge is 2.14. The minimum Gasteiger partial charge on any atom is -0.310 e. The van der Waals surface area contributed by atoms with Crippen LogP contribution in [0, 0.1) is 5.92 Å². The highest BCUT2D eigenvalue weighted by Crippen LogP contribution is 2.26. The van der Waals surface area contributed by atoms with Gasteiger partial charge in [0, 0.05) is 12.3 Å². The summed E-state index contributed by atoms with van der Waals surface area (Å²) in [7, 11) is -3.10. The molecule has 1 N–H and O–H groups in total. The first-order chi connectivity index (χ1) is 9.97. The molecule has 0 bridgehead atoms. The van der Waals surface area contributed by atoms with Crippen molar-refractivity contribution in [2.75, 3.05) is 12.8 Å². The van der Waals surface area contributed by atoms with E-state index in [4.69, 9.17) is 0 Å². The molecule has 2 rings (SSSR count). The third-order valence-corrected chi connectivity index (χ3v) is 5.66. The van der Waals surface area contributed by atoms with E-state index in [9.17, 15) is 8.42 Å². The van der Waals surface area contributed by atoms with Gasteiger partial charge in [0.2, 0.25) is 0 Å². The predicted octanol–water partition coefficient (Wildman–Crippen LogP) is 3.71. The van der Waals surface area contributed by atoms with Gasteiger partial charge in [-0.25, -0.2) is 8.42 Å². The number of rotatable bonds is 6. The summed E-state index contributed by atoms with van der Waals surface area (Å²) in [5, 5.41) is 3.55. The zero-order valence-corrected chi connectivity index (χ0v) is 14.0. The Morgan fingerprint density at radius 3 is 2.33 bits per heavy atom. The van der Waals surface area contributed by atoms with Crippen LogP contribution in [0.1, 0.15) is 57.1 Å². The molecule has 1 unspecified atom stereocenters. The second kappa shape index (κ2) is 7.41. The average Bonchev–Trinajstić information content (AvgIpc) is 2.47. The Morgan fingerprint density at radius 2 is 1.76 bits per heavy atom. The number of nitrogens with one attached hydrogen (secondary N) is 1. The SMILES string of the molecule is CC(NCCC1CCCCC1)c1ccc(S(C)(=O)=O)cc1. The number of hydrogen-bond acceptors (Lipinski definition) is 3. The average molecular weight is 309 g/mol. The van der Waals surface area contributed by atoms with E-state index >= 15 is 0 Å². The van der Waals surface area contributed by atoms with Gasteiger partial charge in [-0.1, -0.05) is 44.2 Å². The van der Waals surface area contributed by atoms with Gasteiger partial charge in [0.15, 0.2) is 9.84 Å². The van der Waals surface area contributed by atoms with E-state index in [1.807, 2.05) is 12.1 Å². The molecule has 1 aliphatic carbocycles. The van der Waals surface area contributed by atoms with Gasteiger partial charge in [-0.15, -0.1) is 0 Å². The summed E-state index contributed by atoms with van der Waals surface area (Å²) in [6.07, 6.45) is 9.48. The normalized spacial score (nSPS) is 18.6. The van der Waals surface area contributed by atoms with E-state index < -0.39 is 9.84 Å². The van der Waals surface area contributed by atoms with Crippen LogP contribution >= 0.6 is 0 Å². The third kappa shape index (κ3) is 5.11. The molecule has 0 aliphatic heterocycles. The Balaban J connectivity index is 1.81. The summed E-state index contributed by atoms with van der Waals surface area (Å²) in [6.45, 7) is 3.18. The van der Waals surface area contributed by atoms with Gasteiger partial charge >= 0.3 is 0 Å². The lowest BCUT2D eigenvalue weighted by Crippen LogP contribution is -2.22. The van der Waals surface area contributed by atoms with Crippen molar-refractivity contribution in [2.45, 2.75) is 56.4 Å². The maximum Gasteiger partial charge on any atom is 0.175 e. The van der Waals surface area contributed by atoms with Gasteiger partial charge < -0.3 is 5.32 Å². The van der Waals surface area contributed by atoms with Crippen LogP contribution in [0.3, 0.4) is 0 Å². The van der Waals surface area contributed by atoms with Gasteiger partial charge in [-0.2, -0.15) is 0 Å². The predicted molar refractivity (Wildman–Crippen MR) is 87.2 cm³/mol. The Morgan fingerprint density at radius 1 is 1.14 bits per heavy atom. The Hall–Kier alpha value is -0.870. The van der Waals surface area contributed by atoms with Crippen LogP contribution in [0.2, 0.25) is 0 Å². The quantitative estimate of drug-likeness (QED) is 0.871. The molecule has 0 radical (unpaired) electrons. The maximum absolute atomic E-state index is 11.4. The van der Waals surface area contributed by atoms with Crippen molar-refractivity contribution < 1.29 is 8.42 Å². The standard InChI is InChI=1S/C17H27NO2S/c1-14(18-13-12-15-6-4-3-5-7-15)16-8-10-17(11-9-16)21(2,19)20/h8-11,14-15,18H,3-7,12-13H2,1-2H3. The Bertz CT molecular complexity index is 530. The van der Waals surface area contributed by atoms with Crippen molar-refractivity contribution in [1.29, 1.82) is 0 Å². The highest BCUT2D eigenvalue weighted by molar-refractivity contribution is 7.90. The molecule has 4 heteroatoms. The second-order valence-electron chi connectivity index (χ2n) is 6.31. The minimum absolute atomic E-state index is 0.266. The fraction of sp³-hybridized carbons (Fsp3) is 0.647. The van der Waals surface area contributed by atoms with Gasteiger partial charge in [0.1, 0.15) is 0 Å². The summed E-state index contributed by atoms with van der Waals surface area (Å²) in [5.74, 6) is 0.895. The van der Waals surface area contributed by atoms with E-state index in [0.717, 1.165) is 18.0 Å².